The van der Waals surface area contributed by atoms with Crippen molar-refractivity contribution in [3.05, 3.63) is 124 Å². The molecule has 0 saturated carbocycles. The summed E-state index contributed by atoms with van der Waals surface area (Å²) in [6.07, 6.45) is 0. The minimum Gasteiger partial charge on any atom is -0.421 e. The van der Waals surface area contributed by atoms with Crippen molar-refractivity contribution in [3.8, 4) is 11.5 Å². The van der Waals surface area contributed by atoms with Crippen LogP contribution in [-0.4, -0.2) is 17.8 Å². The van der Waals surface area contributed by atoms with Crippen molar-refractivity contribution in [2.24, 2.45) is 0 Å². The summed E-state index contributed by atoms with van der Waals surface area (Å²) < 4.78 is 10.8. The summed E-state index contributed by atoms with van der Waals surface area (Å²) in [7, 11) is 0. The van der Waals surface area contributed by atoms with Crippen LogP contribution in [0.5, 0.6) is 11.5 Å². The lowest BCUT2D eigenvalue weighted by molar-refractivity contribution is 0.0725. The van der Waals surface area contributed by atoms with Crippen LogP contribution in [-0.2, 0) is 0 Å². The Morgan fingerprint density at radius 3 is 1.66 bits per heavy atom. The Kier molecular flexibility index (Phi) is 7.45. The molecule has 0 fully saturated rings. The fourth-order valence-electron chi connectivity index (χ4n) is 3.10. The first-order valence-electron chi connectivity index (χ1n) is 10.4. The van der Waals surface area contributed by atoms with E-state index in [1.807, 2.05) is 0 Å². The average Bonchev–Trinajstić information content (AvgIpc) is 2.88. The van der Waals surface area contributed by atoms with Gasteiger partial charge in [-0.2, -0.15) is 0 Å². The topological polar surface area (TPSA) is 81.7 Å². The van der Waals surface area contributed by atoms with Gasteiger partial charge in [-0.05, 0) is 48.5 Å². The fourth-order valence-corrected chi connectivity index (χ4v) is 3.66. The summed E-state index contributed by atoms with van der Waals surface area (Å²) in [6.45, 7) is 0. The van der Waals surface area contributed by atoms with Crippen molar-refractivity contribution in [3.63, 3.8) is 0 Å². The molecule has 0 saturated heterocycles. The molecule has 0 aromatic heterocycles. The lowest BCUT2D eigenvalue weighted by Crippen LogP contribution is -2.15. The van der Waals surface area contributed by atoms with E-state index in [0.29, 0.717) is 11.1 Å². The lowest BCUT2D eigenvalue weighted by Gasteiger charge is -2.13. The molecule has 4 rings (SSSR count). The molecule has 1 amide bonds. The molecule has 35 heavy (non-hydrogen) atoms. The number of benzene rings is 4. The highest BCUT2D eigenvalue weighted by Gasteiger charge is 2.19. The summed E-state index contributed by atoms with van der Waals surface area (Å²) in [5.74, 6) is -1.65. The van der Waals surface area contributed by atoms with E-state index in [-0.39, 0.29) is 32.8 Å². The third kappa shape index (κ3) is 5.87. The second-order valence-corrected chi connectivity index (χ2v) is 8.04. The lowest BCUT2D eigenvalue weighted by atomic mass is 10.2. The molecule has 0 radical (unpaired) electrons. The number of hydrogen-bond donors (Lipinski definition) is 1. The normalized spacial score (nSPS) is 10.3. The summed E-state index contributed by atoms with van der Waals surface area (Å²) in [5.41, 5.74) is 1.08. The van der Waals surface area contributed by atoms with Crippen LogP contribution in [0.4, 0.5) is 5.69 Å². The van der Waals surface area contributed by atoms with Crippen molar-refractivity contribution in [2.75, 3.05) is 5.32 Å². The Labute approximate surface area is 211 Å². The van der Waals surface area contributed by atoms with Gasteiger partial charge in [0, 0.05) is 5.56 Å². The quantitative estimate of drug-likeness (QED) is 0.233. The van der Waals surface area contributed by atoms with Gasteiger partial charge >= 0.3 is 11.9 Å². The number of hydrogen-bond acceptors (Lipinski definition) is 5. The number of carbonyl (C=O) groups excluding carboxylic acids is 3. The van der Waals surface area contributed by atoms with Crippen LogP contribution in [0.25, 0.3) is 0 Å². The van der Waals surface area contributed by atoms with Crippen LogP contribution in [0.2, 0.25) is 10.0 Å². The molecular formula is C27H17Cl2NO5. The van der Waals surface area contributed by atoms with Crippen LogP contribution in [0.1, 0.15) is 31.1 Å². The molecule has 174 valence electrons. The maximum absolute atomic E-state index is 12.9. The number of amides is 1. The number of esters is 2. The van der Waals surface area contributed by atoms with Gasteiger partial charge in [-0.15, -0.1) is 0 Å². The summed E-state index contributed by atoms with van der Waals surface area (Å²) >= 11 is 12.5. The molecule has 4 aromatic carbocycles. The highest BCUT2D eigenvalue weighted by molar-refractivity contribution is 6.38. The van der Waals surface area contributed by atoms with E-state index in [4.69, 9.17) is 32.7 Å². The van der Waals surface area contributed by atoms with E-state index in [9.17, 15) is 14.4 Å². The predicted molar refractivity (Wildman–Crippen MR) is 134 cm³/mol. The monoisotopic (exact) mass is 505 g/mol. The van der Waals surface area contributed by atoms with Gasteiger partial charge in [0.05, 0.1) is 26.9 Å². The fraction of sp³-hybridized carbons (Fsp3) is 0. The average molecular weight is 506 g/mol. The number of para-hydroxylation sites is 2. The Bertz CT molecular complexity index is 1370. The number of nitrogens with one attached hydrogen (secondary N) is 1. The number of ether oxygens (including phenoxy) is 2. The largest absolute Gasteiger partial charge is 0.421 e. The van der Waals surface area contributed by atoms with E-state index < -0.39 is 17.8 Å². The van der Waals surface area contributed by atoms with Crippen molar-refractivity contribution >= 4 is 46.7 Å². The molecule has 0 atom stereocenters. The van der Waals surface area contributed by atoms with E-state index in [1.54, 1.807) is 84.9 Å². The van der Waals surface area contributed by atoms with Crippen molar-refractivity contribution in [1.82, 2.24) is 0 Å². The Hall–Kier alpha value is -4.13. The highest BCUT2D eigenvalue weighted by Crippen LogP contribution is 2.35. The molecule has 8 heteroatoms. The summed E-state index contributed by atoms with van der Waals surface area (Å²) in [5, 5.41) is 2.65. The van der Waals surface area contributed by atoms with Gasteiger partial charge in [0.2, 0.25) is 0 Å². The third-order valence-electron chi connectivity index (χ3n) is 4.81. The zero-order chi connectivity index (χ0) is 24.8. The zero-order valence-corrected chi connectivity index (χ0v) is 19.5. The van der Waals surface area contributed by atoms with Crippen molar-refractivity contribution in [2.45, 2.75) is 0 Å². The maximum Gasteiger partial charge on any atom is 0.343 e. The molecular weight excluding hydrogens is 489 g/mol. The molecule has 4 aromatic rings. The van der Waals surface area contributed by atoms with Gasteiger partial charge in [-0.25, -0.2) is 9.59 Å². The van der Waals surface area contributed by atoms with E-state index in [2.05, 4.69) is 5.32 Å². The first-order chi connectivity index (χ1) is 16.9. The van der Waals surface area contributed by atoms with Gasteiger partial charge in [-0.1, -0.05) is 71.7 Å². The first kappa shape index (κ1) is 24.0. The summed E-state index contributed by atoms with van der Waals surface area (Å²) in [4.78, 5) is 37.7. The van der Waals surface area contributed by atoms with Crippen LogP contribution in [0, 0.1) is 0 Å². The molecule has 0 spiro atoms. The maximum atomic E-state index is 12.9. The zero-order valence-electron chi connectivity index (χ0n) is 18.0. The Morgan fingerprint density at radius 2 is 1.09 bits per heavy atom. The minimum atomic E-state index is -0.638. The standard InChI is InChI=1S/C27H17Cl2NO5/c28-20-15-19(16-21(29)24(20)35-27(33)18-11-5-2-6-12-18)25(31)30-22-13-7-8-14-23(22)34-26(32)17-9-3-1-4-10-17/h1-16H,(H,30,31). The van der Waals surface area contributed by atoms with Crippen LogP contribution >= 0.6 is 23.2 Å². The van der Waals surface area contributed by atoms with Crippen molar-refractivity contribution in [1.29, 1.82) is 0 Å². The molecule has 1 N–H and O–H groups in total. The van der Waals surface area contributed by atoms with Crippen molar-refractivity contribution < 1.29 is 23.9 Å². The smallest absolute Gasteiger partial charge is 0.343 e. The Morgan fingerprint density at radius 1 is 0.600 bits per heavy atom. The molecule has 0 heterocycles. The Balaban J connectivity index is 1.51. The number of halogens is 2. The van der Waals surface area contributed by atoms with Gasteiger partial charge in [0.25, 0.3) is 5.91 Å². The number of carbonyl (C=O) groups is 3. The predicted octanol–water partition coefficient (Wildman–Crippen LogP) is 6.68. The molecule has 0 aliphatic rings. The highest BCUT2D eigenvalue weighted by atomic mass is 35.5. The van der Waals surface area contributed by atoms with E-state index >= 15 is 0 Å². The van der Waals surface area contributed by atoms with Gasteiger partial charge in [0.15, 0.2) is 11.5 Å². The van der Waals surface area contributed by atoms with Gasteiger partial charge in [-0.3, -0.25) is 4.79 Å². The molecule has 0 aliphatic heterocycles. The minimum absolute atomic E-state index is 0.0179. The summed E-state index contributed by atoms with van der Waals surface area (Å²) in [6, 6.07) is 26.0. The van der Waals surface area contributed by atoms with Crippen LogP contribution in [0.15, 0.2) is 97.1 Å². The first-order valence-corrected chi connectivity index (χ1v) is 11.1. The number of anilines is 1. The van der Waals surface area contributed by atoms with Crippen LogP contribution < -0.4 is 14.8 Å². The molecule has 0 bridgehead atoms. The molecule has 0 aliphatic carbocycles. The third-order valence-corrected chi connectivity index (χ3v) is 5.37. The van der Waals surface area contributed by atoms with Gasteiger partial charge in [0.1, 0.15) is 0 Å². The second kappa shape index (κ2) is 10.9. The van der Waals surface area contributed by atoms with E-state index in [1.165, 1.54) is 12.1 Å². The SMILES string of the molecule is O=C(Nc1ccccc1OC(=O)c1ccccc1)c1cc(Cl)c(OC(=O)c2ccccc2)c(Cl)c1. The molecule has 6 nitrogen and oxygen atoms in total. The molecule has 0 unspecified atom stereocenters. The van der Waals surface area contributed by atoms with Gasteiger partial charge < -0.3 is 14.8 Å². The van der Waals surface area contributed by atoms with E-state index in [0.717, 1.165) is 0 Å². The number of rotatable bonds is 6. The second-order valence-electron chi connectivity index (χ2n) is 7.23. The van der Waals surface area contributed by atoms with Crippen LogP contribution in [0.3, 0.4) is 0 Å².